The lowest BCUT2D eigenvalue weighted by Gasteiger charge is -2.25. The van der Waals surface area contributed by atoms with Crippen LogP contribution in [0.1, 0.15) is 43.7 Å². The van der Waals surface area contributed by atoms with Gasteiger partial charge in [-0.25, -0.2) is 9.97 Å². The molecule has 0 bridgehead atoms. The number of aryl methyl sites for hydroxylation is 1. The molecule has 0 N–H and O–H groups in total. The number of nitrogens with zero attached hydrogens (tertiary/aromatic N) is 4. The molecule has 1 aromatic rings. The van der Waals surface area contributed by atoms with E-state index in [-0.39, 0.29) is 11.9 Å². The van der Waals surface area contributed by atoms with E-state index in [4.69, 9.17) is 9.72 Å². The van der Waals surface area contributed by atoms with E-state index in [1.54, 1.807) is 6.92 Å². The molecule has 0 radical (unpaired) electrons. The molecule has 6 nitrogen and oxygen atoms in total. The van der Waals surface area contributed by atoms with E-state index in [0.29, 0.717) is 0 Å². The van der Waals surface area contributed by atoms with Crippen LogP contribution in [0.4, 0.5) is 5.82 Å². The highest BCUT2D eigenvalue weighted by molar-refractivity contribution is 5.74. The van der Waals surface area contributed by atoms with Crippen LogP contribution in [-0.2, 0) is 9.53 Å². The van der Waals surface area contributed by atoms with E-state index < -0.39 is 0 Å². The quantitative estimate of drug-likeness (QED) is 0.832. The summed E-state index contributed by atoms with van der Waals surface area (Å²) >= 11 is 0. The summed E-state index contributed by atoms with van der Waals surface area (Å²) < 4.78 is 5.52. The zero-order valence-corrected chi connectivity index (χ0v) is 13.4. The van der Waals surface area contributed by atoms with Crippen molar-refractivity contribution < 1.29 is 9.53 Å². The predicted octanol–water partition coefficient (Wildman–Crippen LogP) is 1.70. The molecule has 2 aliphatic rings. The lowest BCUT2D eigenvalue weighted by molar-refractivity contribution is -0.129. The van der Waals surface area contributed by atoms with E-state index in [1.807, 2.05) is 17.9 Å². The summed E-state index contributed by atoms with van der Waals surface area (Å²) in [5.41, 5.74) is 0.959. The second-order valence-electron chi connectivity index (χ2n) is 6.05. The van der Waals surface area contributed by atoms with Crippen LogP contribution >= 0.6 is 0 Å². The topological polar surface area (TPSA) is 58.6 Å². The van der Waals surface area contributed by atoms with Crippen LogP contribution in [0.25, 0.3) is 0 Å². The van der Waals surface area contributed by atoms with Crippen LogP contribution in [0, 0.1) is 6.92 Å². The minimum atomic E-state index is 0.0272. The number of rotatable bonds is 2. The van der Waals surface area contributed by atoms with Gasteiger partial charge >= 0.3 is 0 Å². The molecular formula is C16H24N4O2. The van der Waals surface area contributed by atoms with Gasteiger partial charge in [-0.15, -0.1) is 0 Å². The average molecular weight is 304 g/mol. The SMILES string of the molecule is CC(=O)N1CCC[C@H]1c1nc(C)cc(N2CCCOCC2)n1. The number of amides is 1. The van der Waals surface area contributed by atoms with Crippen LogP contribution < -0.4 is 4.90 Å². The Morgan fingerprint density at radius 3 is 2.91 bits per heavy atom. The molecule has 1 amide bonds. The molecule has 2 fully saturated rings. The molecule has 1 aromatic heterocycles. The van der Waals surface area contributed by atoms with E-state index >= 15 is 0 Å². The minimum absolute atomic E-state index is 0.0272. The van der Waals surface area contributed by atoms with Crippen molar-refractivity contribution in [2.75, 3.05) is 37.7 Å². The first-order valence-corrected chi connectivity index (χ1v) is 8.10. The van der Waals surface area contributed by atoms with Gasteiger partial charge in [-0.05, 0) is 26.2 Å². The van der Waals surface area contributed by atoms with Gasteiger partial charge in [-0.2, -0.15) is 0 Å². The molecule has 3 rings (SSSR count). The Labute approximate surface area is 131 Å². The summed E-state index contributed by atoms with van der Waals surface area (Å²) in [6.45, 7) is 7.80. The number of hydrogen-bond acceptors (Lipinski definition) is 5. The van der Waals surface area contributed by atoms with Crippen molar-refractivity contribution in [2.24, 2.45) is 0 Å². The normalized spacial score (nSPS) is 22.7. The molecule has 2 saturated heterocycles. The largest absolute Gasteiger partial charge is 0.380 e. The number of hydrogen-bond donors (Lipinski definition) is 0. The number of aromatic nitrogens is 2. The van der Waals surface area contributed by atoms with Gasteiger partial charge < -0.3 is 14.5 Å². The van der Waals surface area contributed by atoms with Gasteiger partial charge in [0.15, 0.2) is 5.82 Å². The summed E-state index contributed by atoms with van der Waals surface area (Å²) in [4.78, 5) is 25.3. The molecule has 2 aliphatic heterocycles. The molecule has 0 spiro atoms. The van der Waals surface area contributed by atoms with Gasteiger partial charge in [0.2, 0.25) is 5.91 Å². The number of carbonyl (C=O) groups is 1. The Morgan fingerprint density at radius 1 is 1.23 bits per heavy atom. The Kier molecular flexibility index (Phi) is 4.57. The molecule has 120 valence electrons. The molecule has 0 aliphatic carbocycles. The van der Waals surface area contributed by atoms with Crippen molar-refractivity contribution in [3.8, 4) is 0 Å². The fraction of sp³-hybridized carbons (Fsp3) is 0.688. The van der Waals surface area contributed by atoms with E-state index in [2.05, 4.69) is 9.88 Å². The second-order valence-corrected chi connectivity index (χ2v) is 6.05. The molecule has 6 heteroatoms. The fourth-order valence-electron chi connectivity index (χ4n) is 3.27. The Bertz CT molecular complexity index is 541. The number of carbonyl (C=O) groups excluding carboxylic acids is 1. The third-order valence-corrected chi connectivity index (χ3v) is 4.36. The Hall–Kier alpha value is -1.69. The smallest absolute Gasteiger partial charge is 0.220 e. The zero-order chi connectivity index (χ0) is 15.5. The summed E-state index contributed by atoms with van der Waals surface area (Å²) in [6.07, 6.45) is 2.99. The molecular weight excluding hydrogens is 280 g/mol. The van der Waals surface area contributed by atoms with Crippen LogP contribution in [0.3, 0.4) is 0 Å². The lowest BCUT2D eigenvalue weighted by Crippen LogP contribution is -2.31. The van der Waals surface area contributed by atoms with Crippen molar-refractivity contribution in [2.45, 2.75) is 39.2 Å². The van der Waals surface area contributed by atoms with E-state index in [0.717, 1.165) is 69.4 Å². The first-order valence-electron chi connectivity index (χ1n) is 8.10. The van der Waals surface area contributed by atoms with Crippen molar-refractivity contribution >= 4 is 11.7 Å². The van der Waals surface area contributed by atoms with Crippen molar-refractivity contribution in [1.82, 2.24) is 14.9 Å². The summed E-state index contributed by atoms with van der Waals surface area (Å²) in [5.74, 6) is 1.86. The van der Waals surface area contributed by atoms with E-state index in [1.165, 1.54) is 0 Å². The Balaban J connectivity index is 1.87. The summed E-state index contributed by atoms with van der Waals surface area (Å²) in [7, 11) is 0. The van der Waals surface area contributed by atoms with Crippen LogP contribution in [0.15, 0.2) is 6.07 Å². The number of anilines is 1. The minimum Gasteiger partial charge on any atom is -0.380 e. The van der Waals surface area contributed by atoms with Crippen molar-refractivity contribution in [3.63, 3.8) is 0 Å². The molecule has 0 saturated carbocycles. The highest BCUT2D eigenvalue weighted by atomic mass is 16.5. The van der Waals surface area contributed by atoms with Gasteiger partial charge in [0.05, 0.1) is 12.6 Å². The van der Waals surface area contributed by atoms with Gasteiger partial charge in [0.25, 0.3) is 0 Å². The molecule has 1 atom stereocenters. The first-order chi connectivity index (χ1) is 10.6. The average Bonchev–Trinajstić information content (AvgIpc) is 2.82. The fourth-order valence-corrected chi connectivity index (χ4v) is 3.27. The molecule has 0 aromatic carbocycles. The van der Waals surface area contributed by atoms with Crippen molar-refractivity contribution in [3.05, 3.63) is 17.6 Å². The third-order valence-electron chi connectivity index (χ3n) is 4.36. The number of ether oxygens (including phenoxy) is 1. The highest BCUT2D eigenvalue weighted by Gasteiger charge is 2.30. The highest BCUT2D eigenvalue weighted by Crippen LogP contribution is 2.31. The summed E-state index contributed by atoms with van der Waals surface area (Å²) in [5, 5.41) is 0. The lowest BCUT2D eigenvalue weighted by atomic mass is 10.2. The zero-order valence-electron chi connectivity index (χ0n) is 13.4. The van der Waals surface area contributed by atoms with Crippen LogP contribution in [0.5, 0.6) is 0 Å². The van der Waals surface area contributed by atoms with Gasteiger partial charge in [0.1, 0.15) is 5.82 Å². The van der Waals surface area contributed by atoms with Gasteiger partial charge in [-0.3, -0.25) is 4.79 Å². The second kappa shape index (κ2) is 6.60. The predicted molar refractivity (Wildman–Crippen MR) is 83.8 cm³/mol. The van der Waals surface area contributed by atoms with Crippen LogP contribution in [0.2, 0.25) is 0 Å². The molecule has 0 unspecified atom stereocenters. The Morgan fingerprint density at radius 2 is 2.09 bits per heavy atom. The maximum Gasteiger partial charge on any atom is 0.220 e. The monoisotopic (exact) mass is 304 g/mol. The third kappa shape index (κ3) is 3.21. The summed E-state index contributed by atoms with van der Waals surface area (Å²) in [6, 6.07) is 2.06. The maximum absolute atomic E-state index is 11.8. The number of likely N-dealkylation sites (tertiary alicyclic amines) is 1. The standard InChI is InChI=1S/C16H24N4O2/c1-12-11-15(19-6-4-9-22-10-8-19)18-16(17-12)14-5-3-7-20(14)13(2)21/h11,14H,3-10H2,1-2H3/t14-/m0/s1. The molecule has 3 heterocycles. The van der Waals surface area contributed by atoms with Crippen LogP contribution in [-0.4, -0.2) is 53.6 Å². The van der Waals surface area contributed by atoms with Crippen molar-refractivity contribution in [1.29, 1.82) is 0 Å². The first kappa shape index (κ1) is 15.2. The maximum atomic E-state index is 11.8. The van der Waals surface area contributed by atoms with E-state index in [9.17, 15) is 4.79 Å². The van der Waals surface area contributed by atoms with Gasteiger partial charge in [0, 0.05) is 44.9 Å². The van der Waals surface area contributed by atoms with Gasteiger partial charge in [-0.1, -0.05) is 0 Å². The molecule has 22 heavy (non-hydrogen) atoms.